The lowest BCUT2D eigenvalue weighted by Gasteiger charge is -2.12. The number of aromatic nitrogens is 3. The summed E-state index contributed by atoms with van der Waals surface area (Å²) in [6.45, 7) is 4.44. The minimum atomic E-state index is -5.25. The van der Waals surface area contributed by atoms with Gasteiger partial charge in [0, 0.05) is 35.4 Å². The number of nitrogens with zero attached hydrogens (tertiary/aromatic N) is 10. The fourth-order valence-corrected chi connectivity index (χ4v) is 10.1. The summed E-state index contributed by atoms with van der Waals surface area (Å²) >= 11 is 0.749. The number of para-hydroxylation sites is 2. The first kappa shape index (κ1) is 54.5. The Hall–Kier alpha value is -8.76. The first-order valence-corrected chi connectivity index (χ1v) is 27.7. The van der Waals surface area contributed by atoms with Gasteiger partial charge < -0.3 is 20.5 Å². The number of unbranched alkanes of at least 4 members (excludes halogenated alkanes) is 1. The molecule has 3 aromatic heterocycles. The number of fused-ring (bicyclic) bond motifs is 3. The van der Waals surface area contributed by atoms with Crippen LogP contribution in [0.25, 0.3) is 27.9 Å². The van der Waals surface area contributed by atoms with E-state index < -0.39 is 69.1 Å². The number of hydrogen-bond donors (Lipinski definition) is 6. The van der Waals surface area contributed by atoms with Crippen molar-refractivity contribution < 1.29 is 58.3 Å². The van der Waals surface area contributed by atoms with Crippen LogP contribution < -0.4 is 15.4 Å². The van der Waals surface area contributed by atoms with Crippen LogP contribution >= 0.6 is 11.3 Å². The smallest absolute Gasteiger partial charge is 0.296 e. The molecule has 0 saturated carbocycles. The number of nitrogens with one attached hydrogen (secondary N) is 2. The number of imidazole rings is 1. The van der Waals surface area contributed by atoms with Gasteiger partial charge >= 0.3 is 0 Å². The fraction of sp³-hybridized carbons (Fsp3) is 0.146. The van der Waals surface area contributed by atoms with E-state index in [-0.39, 0.29) is 86.3 Å². The molecule has 2 amide bonds. The number of hydrogen-bond acceptors (Lipinski definition) is 20. The summed E-state index contributed by atoms with van der Waals surface area (Å²) in [6, 6.07) is 26.9. The third kappa shape index (κ3) is 12.7. The van der Waals surface area contributed by atoms with Gasteiger partial charge in [0.15, 0.2) is 16.3 Å². The molecule has 3 heterocycles. The summed E-state index contributed by atoms with van der Waals surface area (Å²) in [6.07, 6.45) is 0.199. The summed E-state index contributed by atoms with van der Waals surface area (Å²) in [5.74, 6) is -2.11. The van der Waals surface area contributed by atoms with Crippen molar-refractivity contribution in [3.63, 3.8) is 0 Å². The first-order chi connectivity index (χ1) is 36.5. The molecule has 0 aliphatic rings. The second kappa shape index (κ2) is 22.2. The zero-order valence-electron chi connectivity index (χ0n) is 40.2. The molecule has 0 fully saturated rings. The molecule has 8 rings (SSSR count). The molecular weight excluding hydrogens is 1080 g/mol. The average Bonchev–Trinajstić information content (AvgIpc) is 3.98. The maximum Gasteiger partial charge on any atom is 0.296 e. The van der Waals surface area contributed by atoms with E-state index in [4.69, 9.17) is 4.74 Å². The second-order valence-electron chi connectivity index (χ2n) is 16.6. The third-order valence-corrected chi connectivity index (χ3v) is 14.5. The van der Waals surface area contributed by atoms with Crippen molar-refractivity contribution in [2.24, 2.45) is 30.7 Å². The number of carbonyl (C=O) groups excluding carboxylic acids is 2. The maximum absolute atomic E-state index is 13.0. The summed E-state index contributed by atoms with van der Waals surface area (Å²) in [7, 11) is -14.7. The number of amides is 2. The summed E-state index contributed by atoms with van der Waals surface area (Å²) < 4.78 is 111. The summed E-state index contributed by atoms with van der Waals surface area (Å²) in [5, 5.41) is 52.0. The SMILES string of the molecule is CC(=O)Nc1cccc(-c2nc(N=Nc3cc(OCCCCS(=O)(=O)O)c(N=Nc4c(C)c(C#N)c5nc6ccccc6n5c4O)cc3C)sc2N=Nc2cc(S(=O)(=O)O)c(NC(=O)c3ccccc3)cc2S(=O)(=O)O)c1. The topological polar surface area (TPSA) is 379 Å². The van der Waals surface area contributed by atoms with E-state index in [0.29, 0.717) is 40.0 Å². The molecule has 394 valence electrons. The highest BCUT2D eigenvalue weighted by atomic mass is 32.2. The number of azo groups is 3. The molecule has 6 N–H and O–H groups in total. The highest BCUT2D eigenvalue weighted by Crippen LogP contribution is 2.45. The Labute approximate surface area is 441 Å². The molecule has 0 atom stereocenters. The maximum atomic E-state index is 13.0. The average molecular weight is 1120 g/mol. The van der Waals surface area contributed by atoms with E-state index in [0.717, 1.165) is 11.3 Å². The van der Waals surface area contributed by atoms with Gasteiger partial charge in [-0.1, -0.05) is 53.8 Å². The van der Waals surface area contributed by atoms with Crippen LogP contribution in [0, 0.1) is 25.2 Å². The van der Waals surface area contributed by atoms with Crippen LogP contribution in [0.3, 0.4) is 0 Å². The number of ether oxygens (including phenoxy) is 1. The van der Waals surface area contributed by atoms with Gasteiger partial charge in [0.05, 0.1) is 34.8 Å². The summed E-state index contributed by atoms with van der Waals surface area (Å²) in [4.78, 5) is 32.1. The molecule has 0 radical (unpaired) electrons. The molecule has 5 aromatic carbocycles. The molecular formula is C48H40N12O13S4. The number of anilines is 2. The van der Waals surface area contributed by atoms with Gasteiger partial charge in [-0.15, -0.1) is 30.7 Å². The quantitative estimate of drug-likeness (QED) is 0.0264. The highest BCUT2D eigenvalue weighted by Gasteiger charge is 2.27. The molecule has 8 aromatic rings. The minimum absolute atomic E-state index is 0.0356. The normalized spacial score (nSPS) is 12.3. The lowest BCUT2D eigenvalue weighted by atomic mass is 10.1. The Kier molecular flexibility index (Phi) is 15.7. The lowest BCUT2D eigenvalue weighted by Crippen LogP contribution is -2.15. The van der Waals surface area contributed by atoms with E-state index in [9.17, 15) is 58.9 Å². The number of thiazole rings is 1. The second-order valence-corrected chi connectivity index (χ2v) is 21.9. The van der Waals surface area contributed by atoms with Crippen molar-refractivity contribution in [1.29, 1.82) is 5.26 Å². The number of nitriles is 1. The van der Waals surface area contributed by atoms with Crippen molar-refractivity contribution >= 4 is 114 Å². The van der Waals surface area contributed by atoms with Gasteiger partial charge in [0.2, 0.25) is 16.9 Å². The zero-order valence-corrected chi connectivity index (χ0v) is 43.5. The van der Waals surface area contributed by atoms with Crippen LogP contribution in [0.4, 0.5) is 44.3 Å². The number of rotatable bonds is 18. The van der Waals surface area contributed by atoms with Crippen molar-refractivity contribution in [2.45, 2.75) is 43.4 Å². The van der Waals surface area contributed by atoms with Crippen LogP contribution in [-0.4, -0.2) is 82.6 Å². The van der Waals surface area contributed by atoms with Crippen LogP contribution in [0.1, 0.15) is 46.8 Å². The Morgan fingerprint density at radius 1 is 0.753 bits per heavy atom. The molecule has 0 bridgehead atoms. The van der Waals surface area contributed by atoms with Crippen LogP contribution in [0.5, 0.6) is 11.6 Å². The molecule has 0 aliphatic heterocycles. The summed E-state index contributed by atoms with van der Waals surface area (Å²) in [5.41, 5.74) is 1.53. The number of aromatic hydroxyl groups is 1. The lowest BCUT2D eigenvalue weighted by molar-refractivity contribution is -0.114. The highest BCUT2D eigenvalue weighted by molar-refractivity contribution is 7.86. The van der Waals surface area contributed by atoms with Crippen molar-refractivity contribution in [2.75, 3.05) is 23.0 Å². The van der Waals surface area contributed by atoms with E-state index >= 15 is 0 Å². The van der Waals surface area contributed by atoms with Crippen LogP contribution in [0.15, 0.2) is 144 Å². The minimum Gasteiger partial charge on any atom is -0.493 e. The molecule has 0 spiro atoms. The standard InChI is InChI=1S/C48H40N12O13S4/c1-26-20-35(55-57-42-27(2)32(25-49)44-51-33-16-7-8-17-38(33)60(44)47(42)63)39(73-18-9-10-19-75(64,65)66)22-34(26)54-59-48-53-43(30-14-11-15-31(21-30)50-28(3)61)46(74-48)58-56-37-24-40(76(67,68)69)36(23-41(37)77(70,71)72)52-45(62)29-12-5-4-6-13-29/h4-8,11-17,20-24,63H,9-10,18-19H2,1-3H3,(H,50,61)(H,52,62)(H,64,65,66)(H,67,68,69)(H,70,71,72). The predicted molar refractivity (Wildman–Crippen MR) is 281 cm³/mol. The van der Waals surface area contributed by atoms with Crippen molar-refractivity contribution in [3.05, 3.63) is 125 Å². The molecule has 0 aliphatic carbocycles. The molecule has 0 saturated heterocycles. The Balaban J connectivity index is 1.20. The van der Waals surface area contributed by atoms with Crippen molar-refractivity contribution in [3.8, 4) is 29.0 Å². The largest absolute Gasteiger partial charge is 0.493 e. The number of benzene rings is 5. The monoisotopic (exact) mass is 1120 g/mol. The van der Waals surface area contributed by atoms with E-state index in [1.807, 2.05) is 0 Å². The van der Waals surface area contributed by atoms with Gasteiger partial charge in [0.25, 0.3) is 36.3 Å². The van der Waals surface area contributed by atoms with E-state index in [1.165, 1.54) is 53.8 Å². The predicted octanol–water partition coefficient (Wildman–Crippen LogP) is 10.8. The Morgan fingerprint density at radius 2 is 1.45 bits per heavy atom. The Morgan fingerprint density at radius 3 is 2.16 bits per heavy atom. The molecule has 25 nitrogen and oxygen atoms in total. The van der Waals surface area contributed by atoms with Crippen LogP contribution in [-0.2, 0) is 35.1 Å². The van der Waals surface area contributed by atoms with Gasteiger partial charge in [-0.3, -0.25) is 27.6 Å². The van der Waals surface area contributed by atoms with Gasteiger partial charge in [0.1, 0.15) is 44.2 Å². The van der Waals surface area contributed by atoms with Gasteiger partial charge in [-0.2, -0.15) is 30.5 Å². The first-order valence-electron chi connectivity index (χ1n) is 22.4. The zero-order chi connectivity index (χ0) is 55.4. The molecule has 77 heavy (non-hydrogen) atoms. The van der Waals surface area contributed by atoms with Gasteiger partial charge in [-0.25, -0.2) is 9.97 Å². The number of carbonyl (C=O) groups is 2. The number of aryl methyl sites for hydroxylation is 1. The van der Waals surface area contributed by atoms with Gasteiger partial charge in [-0.05, 0) is 86.8 Å². The third-order valence-electron chi connectivity index (χ3n) is 11.1. The molecule has 29 heteroatoms. The fourth-order valence-electron chi connectivity index (χ4n) is 7.53. The number of pyridine rings is 1. The van der Waals surface area contributed by atoms with E-state index in [1.54, 1.807) is 62.4 Å². The van der Waals surface area contributed by atoms with Crippen LogP contribution in [0.2, 0.25) is 0 Å². The Bertz CT molecular complexity index is 4180. The van der Waals surface area contributed by atoms with Crippen molar-refractivity contribution in [1.82, 2.24) is 14.4 Å². The van der Waals surface area contributed by atoms with E-state index in [2.05, 4.69) is 57.4 Å². The molecule has 0 unspecified atom stereocenters.